The van der Waals surface area contributed by atoms with Crippen molar-refractivity contribution in [2.24, 2.45) is 0 Å². The van der Waals surface area contributed by atoms with Gasteiger partial charge in [0, 0.05) is 76.1 Å². The SMILES string of the molecule is CC(=O)c1c[c-]c(-c2ccc(-c3nc(-c4ccc(C(C)(C)C)cc4)nc(-c4ccc(C(C)(C)C)cc4)n3)cn2)cc1.CCCCCCc1ccc(-c2nc(-c3ccc(CCCCCC)cc3)nc(-c3ccc(-c4[c-]cc(C(=O)c5ccccc5)cc4)nc3)n2)cc1.[Ir+3].[Ir+3].[c-]1ccccc1-c1ccccn1.[c-]1ccccc1-c1ccccn1.[c-]1ccccc1-c1ccccn1.[c-]1ccccc1-c1ccccn1. The quantitative estimate of drug-likeness (QED) is 0.0298. The number of nitrogens with zero attached hydrogens (tertiary/aromatic N) is 12. The van der Waals surface area contributed by atoms with Gasteiger partial charge < -0.3 is 34.7 Å². The van der Waals surface area contributed by atoms with E-state index >= 15 is 0 Å². The van der Waals surface area contributed by atoms with E-state index in [-0.39, 0.29) is 62.6 Å². The van der Waals surface area contributed by atoms with E-state index in [2.05, 4.69) is 214 Å². The van der Waals surface area contributed by atoms with Crippen LogP contribution in [0.2, 0.25) is 0 Å². The van der Waals surface area contributed by atoms with Crippen LogP contribution >= 0.6 is 0 Å². The summed E-state index contributed by atoms with van der Waals surface area (Å²) in [7, 11) is 0. The molecule has 0 aliphatic carbocycles. The summed E-state index contributed by atoms with van der Waals surface area (Å²) in [5.41, 5.74) is 23.7. The topological polar surface area (TPSA) is 189 Å². The zero-order valence-corrected chi connectivity index (χ0v) is 85.7. The smallest absolute Gasteiger partial charge is 0.306 e. The minimum absolute atomic E-state index is 0. The van der Waals surface area contributed by atoms with Gasteiger partial charge in [0.25, 0.3) is 0 Å². The molecular weight excluding hydrogens is 2090 g/mol. The van der Waals surface area contributed by atoms with E-state index in [0.717, 1.165) is 114 Å². The number of aromatic nitrogens is 12. The Balaban J connectivity index is 0.000000170. The van der Waals surface area contributed by atoms with E-state index in [0.29, 0.717) is 51.6 Å². The summed E-state index contributed by atoms with van der Waals surface area (Å²) in [6.07, 6.45) is 22.9. The summed E-state index contributed by atoms with van der Waals surface area (Å²) < 4.78 is 0. The molecule has 19 rings (SSSR count). The van der Waals surface area contributed by atoms with Crippen LogP contribution in [0.1, 0.15) is 162 Å². The fourth-order valence-electron chi connectivity index (χ4n) is 14.9. The molecule has 0 radical (unpaired) electrons. The number of hydrogen-bond donors (Lipinski definition) is 0. The molecule has 8 heterocycles. The Bertz CT molecular complexity index is 6350. The molecule has 702 valence electrons. The molecule has 0 aliphatic rings. The van der Waals surface area contributed by atoms with Crippen molar-refractivity contribution in [1.29, 1.82) is 0 Å². The van der Waals surface area contributed by atoms with Crippen LogP contribution < -0.4 is 0 Å². The molecule has 8 aromatic heterocycles. The average molecular weight is 2200 g/mol. The third kappa shape index (κ3) is 31.5. The Morgan fingerprint density at radius 2 is 0.539 bits per heavy atom. The summed E-state index contributed by atoms with van der Waals surface area (Å²) in [6.45, 7) is 19.3. The summed E-state index contributed by atoms with van der Waals surface area (Å²) in [6, 6.07) is 136. The van der Waals surface area contributed by atoms with Crippen molar-refractivity contribution < 1.29 is 49.8 Å². The molecule has 0 aliphatic heterocycles. The van der Waals surface area contributed by atoms with E-state index in [1.807, 2.05) is 243 Å². The zero-order valence-electron chi connectivity index (χ0n) is 80.9. The number of carbonyl (C=O) groups excluding carboxylic acids is 2. The number of unbranched alkanes of at least 4 members (excludes halogenated alkanes) is 6. The number of carbonyl (C=O) groups is 2. The zero-order chi connectivity index (χ0) is 96.8. The minimum atomic E-state index is -0.0265. The van der Waals surface area contributed by atoms with E-state index < -0.39 is 0 Å². The second-order valence-corrected chi connectivity index (χ2v) is 35.3. The second-order valence-electron chi connectivity index (χ2n) is 35.3. The molecular formula is C125H112Ir2N12O2. The molecule has 0 unspecified atom stereocenters. The van der Waals surface area contributed by atoms with E-state index in [9.17, 15) is 9.59 Å². The van der Waals surface area contributed by atoms with Gasteiger partial charge in [-0.15, -0.1) is 203 Å². The van der Waals surface area contributed by atoms with Gasteiger partial charge in [0.1, 0.15) is 5.78 Å². The molecule has 16 heteroatoms. The molecule has 0 saturated heterocycles. The normalized spacial score (nSPS) is 10.7. The third-order valence-electron chi connectivity index (χ3n) is 22.9. The Hall–Kier alpha value is -15.0. The Morgan fingerprint density at radius 3 is 0.801 bits per heavy atom. The summed E-state index contributed by atoms with van der Waals surface area (Å²) in [4.78, 5) is 80.3. The summed E-state index contributed by atoms with van der Waals surface area (Å²) in [5.74, 6) is 3.62. The number of ketones is 2. The van der Waals surface area contributed by atoms with Gasteiger partial charge in [0.05, 0.1) is 0 Å². The first-order chi connectivity index (χ1) is 67.9. The first kappa shape index (κ1) is 105. The number of pyridine rings is 6. The molecule has 0 N–H and O–H groups in total. The number of hydrogen-bond acceptors (Lipinski definition) is 14. The number of aryl methyl sites for hydroxylation is 2. The van der Waals surface area contributed by atoms with Crippen LogP contribution in [0.25, 0.3) is 136 Å². The van der Waals surface area contributed by atoms with Crippen LogP contribution in [0.3, 0.4) is 0 Å². The number of rotatable bonds is 25. The van der Waals surface area contributed by atoms with Crippen molar-refractivity contribution in [2.45, 2.75) is 137 Å². The summed E-state index contributed by atoms with van der Waals surface area (Å²) in [5, 5.41) is 0. The third-order valence-corrected chi connectivity index (χ3v) is 22.9. The molecule has 19 aromatic rings. The van der Waals surface area contributed by atoms with E-state index in [1.165, 1.54) is 73.6 Å². The maximum absolute atomic E-state index is 12.9. The van der Waals surface area contributed by atoms with Gasteiger partial charge >= 0.3 is 40.2 Å². The largest absolute Gasteiger partial charge is 3.00 e. The van der Waals surface area contributed by atoms with Crippen molar-refractivity contribution in [3.05, 3.63) is 470 Å². The molecule has 0 atom stereocenters. The first-order valence-corrected chi connectivity index (χ1v) is 47.4. The first-order valence-electron chi connectivity index (χ1n) is 47.4. The Kier molecular flexibility index (Phi) is 40.0. The van der Waals surface area contributed by atoms with Gasteiger partial charge in [-0.05, 0) is 124 Å². The monoisotopic (exact) mass is 2200 g/mol. The van der Waals surface area contributed by atoms with Crippen LogP contribution in [-0.4, -0.2) is 71.4 Å². The fraction of sp³-hybridized carbons (Fsp3) is 0.168. The van der Waals surface area contributed by atoms with Crippen LogP contribution in [-0.2, 0) is 63.9 Å². The molecule has 0 fully saturated rings. The standard InChI is InChI=1S/C45H45N4O.C36H35N4O.4C11H8N.2Ir/c1-3-5-7-10-14-33-18-22-38(23-19-33)43-47-44(39-24-20-34(21-25-39)15-11-8-6-4-2)49-45(48-43)40-30-31-41(46-32-40)35-26-28-37(29-27-35)42(50)36-16-12-9-13-17-36;1-23(41)24-8-10-25(11-9-24)31-21-16-28(22-37-31)34-39-32(26-12-17-29(18-13-26)35(2,3)4)38-33(40-34)27-14-19-30(20-15-27)36(5,6)7;4*1-2-6-10(7-3-1)11-8-4-5-9-12-11;;/h9,12-13,16-26,28-32H,3-8,10-11,14-15H2,1-2H3;8-10,12-22H,1-7H3;4*1-6,8-9H;;/q6*-1;2*+3. The fourth-order valence-corrected chi connectivity index (χ4v) is 14.9. The van der Waals surface area contributed by atoms with Gasteiger partial charge in [-0.3, -0.25) is 4.79 Å². The maximum Gasteiger partial charge on any atom is 3.00 e. The van der Waals surface area contributed by atoms with Crippen LogP contribution in [0.4, 0.5) is 0 Å². The number of benzene rings is 11. The molecule has 0 saturated carbocycles. The van der Waals surface area contributed by atoms with Crippen molar-refractivity contribution in [3.63, 3.8) is 0 Å². The number of Topliss-reactive ketones (excluding diaryl/α,β-unsaturated/α-hetero) is 1. The van der Waals surface area contributed by atoms with Gasteiger partial charge in [0.2, 0.25) is 0 Å². The van der Waals surface area contributed by atoms with Crippen LogP contribution in [0.5, 0.6) is 0 Å². The van der Waals surface area contributed by atoms with Gasteiger partial charge in [-0.1, -0.05) is 305 Å². The predicted molar refractivity (Wildman–Crippen MR) is 563 cm³/mol. The van der Waals surface area contributed by atoms with Crippen LogP contribution in [0.15, 0.2) is 395 Å². The summed E-state index contributed by atoms with van der Waals surface area (Å²) >= 11 is 0. The van der Waals surface area contributed by atoms with Crippen molar-refractivity contribution in [1.82, 2.24) is 59.8 Å². The Labute approximate surface area is 858 Å². The molecule has 0 bridgehead atoms. The molecule has 11 aromatic carbocycles. The van der Waals surface area contributed by atoms with Gasteiger partial charge in [-0.25, -0.2) is 29.9 Å². The minimum Gasteiger partial charge on any atom is -0.306 e. The van der Waals surface area contributed by atoms with Crippen molar-refractivity contribution >= 4 is 11.6 Å². The average Bonchev–Trinajstić information content (AvgIpc) is 0.795. The Morgan fingerprint density at radius 1 is 0.255 bits per heavy atom. The molecule has 0 spiro atoms. The predicted octanol–water partition coefficient (Wildman–Crippen LogP) is 29.9. The molecule has 141 heavy (non-hydrogen) atoms. The maximum atomic E-state index is 12.9. The van der Waals surface area contributed by atoms with Gasteiger partial charge in [0.15, 0.2) is 40.7 Å². The van der Waals surface area contributed by atoms with Crippen LogP contribution in [0, 0.1) is 36.4 Å². The van der Waals surface area contributed by atoms with E-state index in [4.69, 9.17) is 34.9 Å². The second kappa shape index (κ2) is 53.8. The molecule has 14 nitrogen and oxygen atoms in total. The van der Waals surface area contributed by atoms with E-state index in [1.54, 1.807) is 62.3 Å². The van der Waals surface area contributed by atoms with Crippen molar-refractivity contribution in [3.8, 4) is 136 Å². The molecule has 0 amide bonds. The van der Waals surface area contributed by atoms with Crippen molar-refractivity contribution in [2.75, 3.05) is 0 Å². The van der Waals surface area contributed by atoms with Gasteiger partial charge in [-0.2, -0.15) is 0 Å².